The third kappa shape index (κ3) is 6.82. The van der Waals surface area contributed by atoms with E-state index in [1.165, 1.54) is 26.4 Å². The van der Waals surface area contributed by atoms with Crippen molar-refractivity contribution in [3.05, 3.63) is 47.3 Å². The number of benzene rings is 1. The summed E-state index contributed by atoms with van der Waals surface area (Å²) >= 11 is 0. The van der Waals surface area contributed by atoms with Gasteiger partial charge in [-0.2, -0.15) is 23.1 Å². The predicted octanol–water partition coefficient (Wildman–Crippen LogP) is 3.32. The number of methoxy groups -OCH3 is 2. The van der Waals surface area contributed by atoms with Gasteiger partial charge in [0.25, 0.3) is 0 Å². The molecular weight excluding hydrogens is 453 g/mol. The van der Waals surface area contributed by atoms with Gasteiger partial charge in [0.15, 0.2) is 0 Å². The number of alkyl halides is 3. The third-order valence-electron chi connectivity index (χ3n) is 5.64. The summed E-state index contributed by atoms with van der Waals surface area (Å²) < 4.78 is 48.8. The highest BCUT2D eigenvalue weighted by Gasteiger charge is 2.30. The maximum Gasteiger partial charge on any atom is 0.416 e. The van der Waals surface area contributed by atoms with E-state index < -0.39 is 17.6 Å². The van der Waals surface area contributed by atoms with E-state index in [9.17, 15) is 22.8 Å². The molecule has 0 saturated carbocycles. The second kappa shape index (κ2) is 11.2. The fourth-order valence-corrected chi connectivity index (χ4v) is 3.73. The fraction of sp³-hybridized carbons (Fsp3) is 0.478. The minimum absolute atomic E-state index is 0.0303. The van der Waals surface area contributed by atoms with Crippen LogP contribution in [0.25, 0.3) is 0 Å². The molecule has 0 bridgehead atoms. The lowest BCUT2D eigenvalue weighted by atomic mass is 9.95. The quantitative estimate of drug-likeness (QED) is 0.623. The maximum atomic E-state index is 12.8. The lowest BCUT2D eigenvalue weighted by Gasteiger charge is -2.31. The molecule has 34 heavy (non-hydrogen) atoms. The van der Waals surface area contributed by atoms with Crippen molar-refractivity contribution in [1.82, 2.24) is 20.2 Å². The first-order chi connectivity index (χ1) is 16.2. The Balaban J connectivity index is 1.44. The molecule has 1 aromatic carbocycles. The van der Waals surface area contributed by atoms with Gasteiger partial charge in [0, 0.05) is 38.4 Å². The molecule has 3 rings (SSSR count). The normalized spacial score (nSPS) is 14.6. The van der Waals surface area contributed by atoms with Gasteiger partial charge >= 0.3 is 6.18 Å². The molecule has 1 aliphatic heterocycles. The van der Waals surface area contributed by atoms with Crippen LogP contribution in [-0.4, -0.2) is 54.0 Å². The van der Waals surface area contributed by atoms with Crippen molar-refractivity contribution in [3.63, 3.8) is 0 Å². The average molecular weight is 480 g/mol. The molecule has 8 nitrogen and oxygen atoms in total. The highest BCUT2D eigenvalue weighted by Crippen LogP contribution is 2.30. The molecule has 184 valence electrons. The molecule has 1 N–H and O–H groups in total. The van der Waals surface area contributed by atoms with Gasteiger partial charge in [-0.05, 0) is 30.5 Å². The Morgan fingerprint density at radius 1 is 1.06 bits per heavy atom. The Kier molecular flexibility index (Phi) is 8.30. The zero-order valence-corrected chi connectivity index (χ0v) is 19.0. The zero-order chi connectivity index (χ0) is 24.7. The molecule has 2 heterocycles. The van der Waals surface area contributed by atoms with E-state index in [1.54, 1.807) is 11.0 Å². The van der Waals surface area contributed by atoms with Gasteiger partial charge in [0.05, 0.1) is 25.8 Å². The smallest absolute Gasteiger partial charge is 0.416 e. The van der Waals surface area contributed by atoms with Crippen molar-refractivity contribution < 1.29 is 32.2 Å². The van der Waals surface area contributed by atoms with Crippen molar-refractivity contribution in [1.29, 1.82) is 0 Å². The van der Waals surface area contributed by atoms with Crippen molar-refractivity contribution in [3.8, 4) is 11.8 Å². The Labute approximate surface area is 195 Å². The summed E-state index contributed by atoms with van der Waals surface area (Å²) in [5, 5.41) is 2.57. The SMILES string of the molecule is COc1cc(OC)nc(C2CCN(C(=O)CCC(=O)NCc3cccc(C(F)(F)F)c3)CC2)n1. The summed E-state index contributed by atoms with van der Waals surface area (Å²) in [6.45, 7) is 0.989. The first-order valence-corrected chi connectivity index (χ1v) is 10.9. The summed E-state index contributed by atoms with van der Waals surface area (Å²) in [4.78, 5) is 35.1. The topological polar surface area (TPSA) is 93.7 Å². The molecule has 11 heteroatoms. The molecule has 2 aromatic rings. The molecular formula is C23H27F3N4O4. The van der Waals surface area contributed by atoms with Crippen LogP contribution in [0.3, 0.4) is 0 Å². The van der Waals surface area contributed by atoms with Crippen LogP contribution in [-0.2, 0) is 22.3 Å². The predicted molar refractivity (Wildman–Crippen MR) is 116 cm³/mol. The first kappa shape index (κ1) is 25.3. The number of rotatable bonds is 8. The van der Waals surface area contributed by atoms with E-state index in [0.29, 0.717) is 49.1 Å². The first-order valence-electron chi connectivity index (χ1n) is 10.9. The van der Waals surface area contributed by atoms with E-state index in [2.05, 4.69) is 15.3 Å². The highest BCUT2D eigenvalue weighted by molar-refractivity contribution is 5.83. The average Bonchev–Trinajstić information content (AvgIpc) is 2.85. The van der Waals surface area contributed by atoms with Crippen molar-refractivity contribution in [2.45, 2.75) is 44.3 Å². The minimum atomic E-state index is -4.44. The van der Waals surface area contributed by atoms with Crippen LogP contribution in [0.5, 0.6) is 11.8 Å². The monoisotopic (exact) mass is 480 g/mol. The van der Waals surface area contributed by atoms with Gasteiger partial charge in [0.2, 0.25) is 23.6 Å². The number of halogens is 3. The molecule has 0 aliphatic carbocycles. The van der Waals surface area contributed by atoms with Crippen LogP contribution in [0.2, 0.25) is 0 Å². The standard InChI is InChI=1S/C23H27F3N4O4/c1-33-19-13-20(34-2)29-22(28-19)16-8-10-30(11-9-16)21(32)7-6-18(31)27-14-15-4-3-5-17(12-15)23(24,25)26/h3-5,12-13,16H,6-11,14H2,1-2H3,(H,27,31). The summed E-state index contributed by atoms with van der Waals surface area (Å²) in [7, 11) is 3.03. The largest absolute Gasteiger partial charge is 0.481 e. The van der Waals surface area contributed by atoms with Crippen LogP contribution >= 0.6 is 0 Å². The van der Waals surface area contributed by atoms with E-state index in [4.69, 9.17) is 9.47 Å². The van der Waals surface area contributed by atoms with E-state index in [1.807, 2.05) is 0 Å². The number of ether oxygens (including phenoxy) is 2. The zero-order valence-electron chi connectivity index (χ0n) is 19.0. The molecule has 1 fully saturated rings. The summed E-state index contributed by atoms with van der Waals surface area (Å²) in [5.74, 6) is 0.961. The lowest BCUT2D eigenvalue weighted by Crippen LogP contribution is -2.38. The van der Waals surface area contributed by atoms with Crippen molar-refractivity contribution >= 4 is 11.8 Å². The fourth-order valence-electron chi connectivity index (χ4n) is 3.73. The number of piperidine rings is 1. The lowest BCUT2D eigenvalue weighted by molar-refractivity contribution is -0.137. The summed E-state index contributed by atoms with van der Waals surface area (Å²) in [6.07, 6.45) is -3.10. The van der Waals surface area contributed by atoms with Gasteiger partial charge < -0.3 is 19.7 Å². The molecule has 0 atom stereocenters. The maximum absolute atomic E-state index is 12.8. The van der Waals surface area contributed by atoms with E-state index in [-0.39, 0.29) is 31.2 Å². The van der Waals surface area contributed by atoms with Gasteiger partial charge in [0.1, 0.15) is 5.82 Å². The van der Waals surface area contributed by atoms with Crippen molar-refractivity contribution in [2.75, 3.05) is 27.3 Å². The number of amides is 2. The number of hydrogen-bond acceptors (Lipinski definition) is 6. The molecule has 0 unspecified atom stereocenters. The number of carbonyl (C=O) groups is 2. The van der Waals surface area contributed by atoms with Gasteiger partial charge in [-0.1, -0.05) is 12.1 Å². The number of nitrogens with zero attached hydrogens (tertiary/aromatic N) is 3. The van der Waals surface area contributed by atoms with Gasteiger partial charge in [-0.25, -0.2) is 0 Å². The Hall–Kier alpha value is -3.37. The minimum Gasteiger partial charge on any atom is -0.481 e. The number of nitrogens with one attached hydrogen (secondary N) is 1. The Morgan fingerprint density at radius 2 is 1.71 bits per heavy atom. The molecule has 1 saturated heterocycles. The summed E-state index contributed by atoms with van der Waals surface area (Å²) in [6, 6.07) is 6.37. The molecule has 0 radical (unpaired) electrons. The van der Waals surface area contributed by atoms with E-state index in [0.717, 1.165) is 12.1 Å². The van der Waals surface area contributed by atoms with Gasteiger partial charge in [-0.3, -0.25) is 9.59 Å². The molecule has 1 aliphatic rings. The number of likely N-dealkylation sites (tertiary alicyclic amines) is 1. The molecule has 1 aromatic heterocycles. The van der Waals surface area contributed by atoms with Crippen LogP contribution in [0.1, 0.15) is 48.6 Å². The Morgan fingerprint density at radius 3 is 2.29 bits per heavy atom. The van der Waals surface area contributed by atoms with Crippen LogP contribution < -0.4 is 14.8 Å². The second-order valence-corrected chi connectivity index (χ2v) is 7.94. The molecule has 0 spiro atoms. The number of carbonyl (C=O) groups excluding carboxylic acids is 2. The van der Waals surface area contributed by atoms with Crippen LogP contribution in [0.4, 0.5) is 13.2 Å². The van der Waals surface area contributed by atoms with Crippen molar-refractivity contribution in [2.24, 2.45) is 0 Å². The van der Waals surface area contributed by atoms with Gasteiger partial charge in [-0.15, -0.1) is 0 Å². The number of hydrogen-bond donors (Lipinski definition) is 1. The van der Waals surface area contributed by atoms with Crippen LogP contribution in [0.15, 0.2) is 30.3 Å². The highest BCUT2D eigenvalue weighted by atomic mass is 19.4. The summed E-state index contributed by atoms with van der Waals surface area (Å²) in [5.41, 5.74) is -0.427. The van der Waals surface area contributed by atoms with Crippen LogP contribution in [0, 0.1) is 0 Å². The third-order valence-corrected chi connectivity index (χ3v) is 5.64. The number of aromatic nitrogens is 2. The van der Waals surface area contributed by atoms with E-state index >= 15 is 0 Å². The Bertz CT molecular complexity index is 986. The molecule has 2 amide bonds. The second-order valence-electron chi connectivity index (χ2n) is 7.94.